The topological polar surface area (TPSA) is 94.5 Å². The number of hydrazine groups is 1. The van der Waals surface area contributed by atoms with Gasteiger partial charge in [-0.25, -0.2) is 4.68 Å². The molecule has 150 valence electrons. The summed E-state index contributed by atoms with van der Waals surface area (Å²) in [6.07, 6.45) is 2.99. The standard InChI is InChI=1S/C20H19BrN4O4/c1-3-29-17-9-4-13(10-18(17)28-2)19(26)23-24-20(27)14-11-22-25(12-14)16-7-5-15(21)6-8-16/h4-12H,3H2,1-2H3,(H,23,26)(H,24,27). The zero-order valence-corrected chi connectivity index (χ0v) is 17.4. The fourth-order valence-electron chi connectivity index (χ4n) is 2.52. The van der Waals surface area contributed by atoms with Gasteiger partial charge in [0.05, 0.1) is 31.2 Å². The number of carbonyl (C=O) groups excluding carboxylic acids is 2. The van der Waals surface area contributed by atoms with E-state index in [1.54, 1.807) is 23.0 Å². The van der Waals surface area contributed by atoms with Crippen molar-refractivity contribution in [3.63, 3.8) is 0 Å². The molecular weight excluding hydrogens is 440 g/mol. The van der Waals surface area contributed by atoms with Gasteiger partial charge in [0, 0.05) is 16.2 Å². The lowest BCUT2D eigenvalue weighted by Gasteiger charge is -2.11. The van der Waals surface area contributed by atoms with Crippen LogP contribution in [0.25, 0.3) is 5.69 Å². The van der Waals surface area contributed by atoms with E-state index < -0.39 is 11.8 Å². The van der Waals surface area contributed by atoms with Gasteiger partial charge in [-0.15, -0.1) is 0 Å². The number of carbonyl (C=O) groups is 2. The zero-order chi connectivity index (χ0) is 20.8. The molecule has 1 heterocycles. The minimum atomic E-state index is -0.486. The Balaban J connectivity index is 1.63. The predicted octanol–water partition coefficient (Wildman–Crippen LogP) is 3.12. The molecule has 0 fully saturated rings. The van der Waals surface area contributed by atoms with Gasteiger partial charge in [0.2, 0.25) is 0 Å². The van der Waals surface area contributed by atoms with Crippen LogP contribution in [0, 0.1) is 0 Å². The summed E-state index contributed by atoms with van der Waals surface area (Å²) < 4.78 is 13.2. The van der Waals surface area contributed by atoms with Crippen molar-refractivity contribution in [3.05, 3.63) is 70.5 Å². The number of halogens is 1. The maximum Gasteiger partial charge on any atom is 0.272 e. The molecule has 2 aromatic carbocycles. The van der Waals surface area contributed by atoms with Gasteiger partial charge in [0.1, 0.15) is 0 Å². The van der Waals surface area contributed by atoms with Gasteiger partial charge in [-0.3, -0.25) is 20.4 Å². The summed E-state index contributed by atoms with van der Waals surface area (Å²) in [5, 5.41) is 4.17. The number of nitrogens with zero attached hydrogens (tertiary/aromatic N) is 2. The number of hydrogen-bond acceptors (Lipinski definition) is 5. The predicted molar refractivity (Wildman–Crippen MR) is 110 cm³/mol. The molecule has 0 atom stereocenters. The van der Waals surface area contributed by atoms with E-state index in [1.165, 1.54) is 19.4 Å². The lowest BCUT2D eigenvalue weighted by atomic mass is 10.2. The van der Waals surface area contributed by atoms with Gasteiger partial charge in [-0.2, -0.15) is 5.10 Å². The van der Waals surface area contributed by atoms with E-state index in [-0.39, 0.29) is 0 Å². The Hall–Kier alpha value is -3.33. The zero-order valence-electron chi connectivity index (χ0n) is 15.8. The molecule has 8 nitrogen and oxygen atoms in total. The van der Waals surface area contributed by atoms with Gasteiger partial charge < -0.3 is 9.47 Å². The van der Waals surface area contributed by atoms with E-state index in [0.717, 1.165) is 10.2 Å². The van der Waals surface area contributed by atoms with Crippen LogP contribution in [-0.4, -0.2) is 35.3 Å². The highest BCUT2D eigenvalue weighted by Crippen LogP contribution is 2.27. The van der Waals surface area contributed by atoms with Crippen LogP contribution in [0.15, 0.2) is 59.3 Å². The summed E-state index contributed by atoms with van der Waals surface area (Å²) >= 11 is 3.37. The number of ether oxygens (including phenoxy) is 2. The number of hydrogen-bond donors (Lipinski definition) is 2. The average Bonchev–Trinajstić information content (AvgIpc) is 3.23. The summed E-state index contributed by atoms with van der Waals surface area (Å²) in [5.74, 6) is -0.00263. The minimum absolute atomic E-state index is 0.303. The number of nitrogens with one attached hydrogen (secondary N) is 2. The molecule has 0 bridgehead atoms. The summed E-state index contributed by atoms with van der Waals surface area (Å²) in [7, 11) is 1.49. The third-order valence-electron chi connectivity index (χ3n) is 3.95. The third-order valence-corrected chi connectivity index (χ3v) is 4.48. The Morgan fingerprint density at radius 1 is 1.03 bits per heavy atom. The van der Waals surface area contributed by atoms with Crippen molar-refractivity contribution in [2.24, 2.45) is 0 Å². The van der Waals surface area contributed by atoms with E-state index >= 15 is 0 Å². The summed E-state index contributed by atoms with van der Waals surface area (Å²) in [6, 6.07) is 12.2. The number of amides is 2. The first-order chi connectivity index (χ1) is 14.0. The fourth-order valence-corrected chi connectivity index (χ4v) is 2.78. The van der Waals surface area contributed by atoms with Crippen molar-refractivity contribution < 1.29 is 19.1 Å². The summed E-state index contributed by atoms with van der Waals surface area (Å²) in [4.78, 5) is 24.6. The second-order valence-electron chi connectivity index (χ2n) is 5.86. The first-order valence-electron chi connectivity index (χ1n) is 8.74. The van der Waals surface area contributed by atoms with Crippen LogP contribution in [0.3, 0.4) is 0 Å². The summed E-state index contributed by atoms with van der Waals surface area (Å²) in [5.41, 5.74) is 6.18. The van der Waals surface area contributed by atoms with Crippen molar-refractivity contribution in [1.29, 1.82) is 0 Å². The van der Waals surface area contributed by atoms with Crippen molar-refractivity contribution in [1.82, 2.24) is 20.6 Å². The normalized spacial score (nSPS) is 10.3. The van der Waals surface area contributed by atoms with E-state index in [0.29, 0.717) is 29.2 Å². The molecule has 0 aliphatic heterocycles. The largest absolute Gasteiger partial charge is 0.493 e. The summed E-state index contributed by atoms with van der Waals surface area (Å²) in [6.45, 7) is 2.33. The third kappa shape index (κ3) is 4.94. The van der Waals surface area contributed by atoms with Crippen LogP contribution >= 0.6 is 15.9 Å². The maximum absolute atomic E-state index is 12.3. The van der Waals surface area contributed by atoms with Crippen molar-refractivity contribution in [3.8, 4) is 17.2 Å². The highest BCUT2D eigenvalue weighted by Gasteiger charge is 2.14. The molecule has 3 aromatic rings. The highest BCUT2D eigenvalue weighted by molar-refractivity contribution is 9.10. The number of benzene rings is 2. The van der Waals surface area contributed by atoms with Gasteiger partial charge in [-0.1, -0.05) is 15.9 Å². The van der Waals surface area contributed by atoms with E-state index in [4.69, 9.17) is 9.47 Å². The molecular formula is C20H19BrN4O4. The molecule has 2 N–H and O–H groups in total. The lowest BCUT2D eigenvalue weighted by Crippen LogP contribution is -2.41. The Kier molecular flexibility index (Phi) is 6.50. The molecule has 9 heteroatoms. The average molecular weight is 459 g/mol. The first kappa shape index (κ1) is 20.4. The second-order valence-corrected chi connectivity index (χ2v) is 6.77. The molecule has 0 unspecified atom stereocenters. The second kappa shape index (κ2) is 9.24. The smallest absolute Gasteiger partial charge is 0.272 e. The van der Waals surface area contributed by atoms with Gasteiger partial charge in [-0.05, 0) is 49.4 Å². The highest BCUT2D eigenvalue weighted by atomic mass is 79.9. The van der Waals surface area contributed by atoms with Gasteiger partial charge in [0.25, 0.3) is 11.8 Å². The molecule has 1 aromatic heterocycles. The van der Waals surface area contributed by atoms with Crippen molar-refractivity contribution >= 4 is 27.7 Å². The SMILES string of the molecule is CCOc1ccc(C(=O)NNC(=O)c2cnn(-c3ccc(Br)cc3)c2)cc1OC. The molecule has 0 saturated heterocycles. The number of methoxy groups -OCH3 is 1. The minimum Gasteiger partial charge on any atom is -0.493 e. The van der Waals surface area contributed by atoms with Crippen molar-refractivity contribution in [2.45, 2.75) is 6.92 Å². The van der Waals surface area contributed by atoms with Crippen molar-refractivity contribution in [2.75, 3.05) is 13.7 Å². The molecule has 0 saturated carbocycles. The monoisotopic (exact) mass is 458 g/mol. The molecule has 0 aliphatic rings. The van der Waals surface area contributed by atoms with Crippen LogP contribution in [0.1, 0.15) is 27.6 Å². The van der Waals surface area contributed by atoms with Gasteiger partial charge in [0.15, 0.2) is 11.5 Å². The van der Waals surface area contributed by atoms with E-state index in [9.17, 15) is 9.59 Å². The van der Waals surface area contributed by atoms with Crippen LogP contribution < -0.4 is 20.3 Å². The fraction of sp³-hybridized carbons (Fsp3) is 0.150. The Morgan fingerprint density at radius 2 is 1.72 bits per heavy atom. The number of aromatic nitrogens is 2. The van der Waals surface area contributed by atoms with Crippen LogP contribution in [0.5, 0.6) is 11.5 Å². The molecule has 0 radical (unpaired) electrons. The Morgan fingerprint density at radius 3 is 2.38 bits per heavy atom. The van der Waals surface area contributed by atoms with E-state index in [2.05, 4.69) is 31.9 Å². The van der Waals surface area contributed by atoms with E-state index in [1.807, 2.05) is 31.2 Å². The molecule has 3 rings (SSSR count). The first-order valence-corrected chi connectivity index (χ1v) is 9.53. The van der Waals surface area contributed by atoms with Crippen LogP contribution in [0.2, 0.25) is 0 Å². The van der Waals surface area contributed by atoms with Gasteiger partial charge >= 0.3 is 0 Å². The van der Waals surface area contributed by atoms with Crippen LogP contribution in [0.4, 0.5) is 0 Å². The van der Waals surface area contributed by atoms with Crippen LogP contribution in [-0.2, 0) is 0 Å². The Bertz CT molecular complexity index is 1020. The lowest BCUT2D eigenvalue weighted by molar-refractivity contribution is 0.0846. The molecule has 0 spiro atoms. The number of rotatable bonds is 6. The Labute approximate surface area is 175 Å². The molecule has 29 heavy (non-hydrogen) atoms. The molecule has 2 amide bonds. The molecule has 0 aliphatic carbocycles. The maximum atomic E-state index is 12.3. The quantitative estimate of drug-likeness (QED) is 0.553.